The first kappa shape index (κ1) is 13.0. The van der Waals surface area contributed by atoms with Gasteiger partial charge in [0.1, 0.15) is 5.82 Å². The van der Waals surface area contributed by atoms with E-state index in [9.17, 15) is 9.18 Å². The molecule has 1 fully saturated rings. The van der Waals surface area contributed by atoms with E-state index in [2.05, 4.69) is 4.90 Å². The molecule has 0 radical (unpaired) electrons. The van der Waals surface area contributed by atoms with Crippen LogP contribution in [0.2, 0.25) is 0 Å². The number of benzene rings is 1. The fourth-order valence-electron chi connectivity index (χ4n) is 2.34. The molecule has 1 aromatic carbocycles. The van der Waals surface area contributed by atoms with Crippen LogP contribution < -0.4 is 0 Å². The van der Waals surface area contributed by atoms with Crippen molar-refractivity contribution in [2.24, 2.45) is 5.92 Å². The number of rotatable bonds is 5. The van der Waals surface area contributed by atoms with Gasteiger partial charge in [0.2, 0.25) is 0 Å². The van der Waals surface area contributed by atoms with E-state index in [1.54, 1.807) is 12.1 Å². The zero-order chi connectivity index (χ0) is 13.1. The van der Waals surface area contributed by atoms with Crippen LogP contribution in [0, 0.1) is 11.7 Å². The standard InChI is InChI=1S/C14H18FNO2/c1-16(8-10-4-2-5-10)9-11-6-3-7-12(13(11)15)14(17)18/h3,6-7,10H,2,4-5,8-9H2,1H3,(H,17,18). The Labute approximate surface area is 106 Å². The molecule has 3 nitrogen and oxygen atoms in total. The molecule has 0 bridgehead atoms. The molecule has 0 aliphatic heterocycles. The molecule has 0 unspecified atom stereocenters. The van der Waals surface area contributed by atoms with Crippen LogP contribution >= 0.6 is 0 Å². The summed E-state index contributed by atoms with van der Waals surface area (Å²) in [7, 11) is 1.95. The monoisotopic (exact) mass is 251 g/mol. The second-order valence-electron chi connectivity index (χ2n) is 5.08. The molecule has 1 N–H and O–H groups in total. The predicted molar refractivity (Wildman–Crippen MR) is 67.0 cm³/mol. The maximum atomic E-state index is 13.9. The summed E-state index contributed by atoms with van der Waals surface area (Å²) in [4.78, 5) is 12.9. The molecule has 18 heavy (non-hydrogen) atoms. The van der Waals surface area contributed by atoms with E-state index in [1.165, 1.54) is 25.3 Å². The molecule has 2 rings (SSSR count). The van der Waals surface area contributed by atoms with Gasteiger partial charge in [0.15, 0.2) is 0 Å². The van der Waals surface area contributed by atoms with Crippen molar-refractivity contribution in [1.82, 2.24) is 4.90 Å². The van der Waals surface area contributed by atoms with Gasteiger partial charge in [-0.25, -0.2) is 9.18 Å². The molecule has 0 atom stereocenters. The Bertz CT molecular complexity index is 443. The molecule has 0 saturated heterocycles. The minimum Gasteiger partial charge on any atom is -0.478 e. The molecule has 1 aliphatic rings. The summed E-state index contributed by atoms with van der Waals surface area (Å²) in [5, 5.41) is 8.86. The highest BCUT2D eigenvalue weighted by atomic mass is 19.1. The minimum absolute atomic E-state index is 0.246. The van der Waals surface area contributed by atoms with Gasteiger partial charge in [-0.1, -0.05) is 18.6 Å². The first-order chi connectivity index (χ1) is 8.58. The smallest absolute Gasteiger partial charge is 0.338 e. The Kier molecular flexibility index (Phi) is 3.97. The first-order valence-electron chi connectivity index (χ1n) is 6.27. The van der Waals surface area contributed by atoms with Gasteiger partial charge < -0.3 is 10.0 Å². The fraction of sp³-hybridized carbons (Fsp3) is 0.500. The van der Waals surface area contributed by atoms with Gasteiger partial charge in [-0.2, -0.15) is 0 Å². The third-order valence-corrected chi connectivity index (χ3v) is 3.54. The Morgan fingerprint density at radius 3 is 2.78 bits per heavy atom. The maximum absolute atomic E-state index is 13.9. The van der Waals surface area contributed by atoms with Gasteiger partial charge in [-0.15, -0.1) is 0 Å². The van der Waals surface area contributed by atoms with Gasteiger partial charge >= 0.3 is 5.97 Å². The highest BCUT2D eigenvalue weighted by Crippen LogP contribution is 2.27. The predicted octanol–water partition coefficient (Wildman–Crippen LogP) is 2.76. The second kappa shape index (κ2) is 5.48. The van der Waals surface area contributed by atoms with E-state index < -0.39 is 11.8 Å². The summed E-state index contributed by atoms with van der Waals surface area (Å²) in [6.07, 6.45) is 3.80. The number of carbonyl (C=O) groups is 1. The number of aromatic carboxylic acids is 1. The lowest BCUT2D eigenvalue weighted by Gasteiger charge is -2.30. The van der Waals surface area contributed by atoms with Crippen molar-refractivity contribution in [1.29, 1.82) is 0 Å². The number of hydrogen-bond acceptors (Lipinski definition) is 2. The van der Waals surface area contributed by atoms with Crippen LogP contribution in [-0.4, -0.2) is 29.6 Å². The van der Waals surface area contributed by atoms with Gasteiger partial charge in [0.05, 0.1) is 5.56 Å². The summed E-state index contributed by atoms with van der Waals surface area (Å²) in [5.74, 6) is -1.10. The average Bonchev–Trinajstić information content (AvgIpc) is 2.26. The van der Waals surface area contributed by atoms with Gasteiger partial charge in [-0.3, -0.25) is 0 Å². The Morgan fingerprint density at radius 2 is 2.22 bits per heavy atom. The highest BCUT2D eigenvalue weighted by Gasteiger charge is 2.20. The van der Waals surface area contributed by atoms with Gasteiger partial charge in [0, 0.05) is 18.7 Å². The molecule has 1 saturated carbocycles. The number of hydrogen-bond donors (Lipinski definition) is 1. The summed E-state index contributed by atoms with van der Waals surface area (Å²) in [6.45, 7) is 1.42. The van der Waals surface area contributed by atoms with Crippen LogP contribution in [-0.2, 0) is 6.54 Å². The van der Waals surface area contributed by atoms with Crippen molar-refractivity contribution in [3.63, 3.8) is 0 Å². The zero-order valence-corrected chi connectivity index (χ0v) is 10.5. The fourth-order valence-corrected chi connectivity index (χ4v) is 2.34. The molecule has 98 valence electrons. The van der Waals surface area contributed by atoms with Crippen molar-refractivity contribution in [3.8, 4) is 0 Å². The molecule has 0 amide bonds. The Balaban J connectivity index is 2.03. The highest BCUT2D eigenvalue weighted by molar-refractivity contribution is 5.88. The lowest BCUT2D eigenvalue weighted by Crippen LogP contribution is -2.29. The lowest BCUT2D eigenvalue weighted by atomic mass is 9.85. The molecule has 4 heteroatoms. The lowest BCUT2D eigenvalue weighted by molar-refractivity contribution is 0.0691. The van der Waals surface area contributed by atoms with Crippen molar-refractivity contribution in [3.05, 3.63) is 35.1 Å². The summed E-state index contributed by atoms with van der Waals surface area (Å²) in [6, 6.07) is 4.55. The summed E-state index contributed by atoms with van der Waals surface area (Å²) in [5.41, 5.74) is 0.210. The van der Waals surface area contributed by atoms with E-state index in [0.717, 1.165) is 12.5 Å². The van der Waals surface area contributed by atoms with Gasteiger partial charge in [-0.05, 0) is 31.9 Å². The van der Waals surface area contributed by atoms with Crippen molar-refractivity contribution in [2.75, 3.05) is 13.6 Å². The normalized spacial score (nSPS) is 15.7. The van der Waals surface area contributed by atoms with E-state index in [1.807, 2.05) is 7.05 Å². The summed E-state index contributed by atoms with van der Waals surface area (Å²) < 4.78 is 13.9. The minimum atomic E-state index is -1.21. The molecule has 1 aromatic rings. The summed E-state index contributed by atoms with van der Waals surface area (Å²) >= 11 is 0. The van der Waals surface area contributed by atoms with Crippen LogP contribution in [0.1, 0.15) is 35.2 Å². The number of halogens is 1. The van der Waals surface area contributed by atoms with Crippen molar-refractivity contribution in [2.45, 2.75) is 25.8 Å². The number of carboxylic acids is 1. The largest absolute Gasteiger partial charge is 0.478 e. The van der Waals surface area contributed by atoms with Crippen molar-refractivity contribution < 1.29 is 14.3 Å². The number of carboxylic acid groups (broad SMARTS) is 1. The Hall–Kier alpha value is -1.42. The molecule has 0 heterocycles. The SMILES string of the molecule is CN(Cc1cccc(C(=O)O)c1F)CC1CCC1. The Morgan fingerprint density at radius 1 is 1.50 bits per heavy atom. The van der Waals surface area contributed by atoms with Crippen molar-refractivity contribution >= 4 is 5.97 Å². The van der Waals surface area contributed by atoms with E-state index in [4.69, 9.17) is 5.11 Å². The second-order valence-corrected chi connectivity index (χ2v) is 5.08. The van der Waals surface area contributed by atoms with E-state index in [-0.39, 0.29) is 5.56 Å². The van der Waals surface area contributed by atoms with Crippen LogP contribution in [0.3, 0.4) is 0 Å². The first-order valence-corrected chi connectivity index (χ1v) is 6.27. The molecule has 0 aromatic heterocycles. The topological polar surface area (TPSA) is 40.5 Å². The third kappa shape index (κ3) is 2.88. The molecule has 1 aliphatic carbocycles. The van der Waals surface area contributed by atoms with Crippen LogP contribution in [0.5, 0.6) is 0 Å². The van der Waals surface area contributed by atoms with E-state index in [0.29, 0.717) is 12.1 Å². The molecular weight excluding hydrogens is 233 g/mol. The van der Waals surface area contributed by atoms with E-state index >= 15 is 0 Å². The third-order valence-electron chi connectivity index (χ3n) is 3.54. The quantitative estimate of drug-likeness (QED) is 0.874. The number of nitrogens with zero attached hydrogens (tertiary/aromatic N) is 1. The zero-order valence-electron chi connectivity index (χ0n) is 10.5. The average molecular weight is 251 g/mol. The van der Waals surface area contributed by atoms with Crippen LogP contribution in [0.15, 0.2) is 18.2 Å². The van der Waals surface area contributed by atoms with Crippen LogP contribution in [0.4, 0.5) is 4.39 Å². The molecule has 0 spiro atoms. The maximum Gasteiger partial charge on any atom is 0.338 e. The van der Waals surface area contributed by atoms with Gasteiger partial charge in [0.25, 0.3) is 0 Å². The molecular formula is C14H18FNO2. The van der Waals surface area contributed by atoms with Crippen LogP contribution in [0.25, 0.3) is 0 Å².